The molecular formula is C11H11N3O3. The van der Waals surface area contributed by atoms with Crippen LogP contribution in [-0.4, -0.2) is 21.2 Å². The Hall–Kier alpha value is -2.37. The molecule has 88 valence electrons. The lowest BCUT2D eigenvalue weighted by Crippen LogP contribution is -2.03. The average molecular weight is 233 g/mol. The molecule has 0 fully saturated rings. The second-order valence-corrected chi connectivity index (χ2v) is 3.52. The largest absolute Gasteiger partial charge is 0.478 e. The van der Waals surface area contributed by atoms with Crippen LogP contribution in [0.3, 0.4) is 0 Å². The Morgan fingerprint density at radius 3 is 3.00 bits per heavy atom. The Labute approximate surface area is 97.3 Å². The van der Waals surface area contributed by atoms with E-state index in [0.717, 1.165) is 5.69 Å². The number of carboxylic acids is 1. The van der Waals surface area contributed by atoms with E-state index in [4.69, 9.17) is 9.63 Å². The van der Waals surface area contributed by atoms with E-state index in [1.165, 1.54) is 18.3 Å². The molecule has 2 rings (SSSR count). The van der Waals surface area contributed by atoms with Crippen molar-refractivity contribution in [2.75, 3.05) is 5.32 Å². The summed E-state index contributed by atoms with van der Waals surface area (Å²) in [6, 6.07) is 4.70. The number of pyridine rings is 1. The van der Waals surface area contributed by atoms with Crippen molar-refractivity contribution in [2.24, 2.45) is 0 Å². The third-order valence-electron chi connectivity index (χ3n) is 2.13. The smallest absolute Gasteiger partial charge is 0.335 e. The van der Waals surface area contributed by atoms with Gasteiger partial charge in [0.25, 0.3) is 0 Å². The van der Waals surface area contributed by atoms with E-state index in [0.29, 0.717) is 18.1 Å². The van der Waals surface area contributed by atoms with E-state index in [2.05, 4.69) is 15.5 Å². The van der Waals surface area contributed by atoms with Crippen molar-refractivity contribution in [1.29, 1.82) is 0 Å². The van der Waals surface area contributed by atoms with Gasteiger partial charge >= 0.3 is 5.97 Å². The molecule has 0 aliphatic heterocycles. The second-order valence-electron chi connectivity index (χ2n) is 3.52. The maximum absolute atomic E-state index is 10.7. The van der Waals surface area contributed by atoms with E-state index in [-0.39, 0.29) is 5.56 Å². The molecule has 0 saturated carbocycles. The predicted molar refractivity (Wildman–Crippen MR) is 59.8 cm³/mol. The number of aromatic carboxylic acids is 1. The van der Waals surface area contributed by atoms with Crippen LogP contribution in [0.15, 0.2) is 28.9 Å². The van der Waals surface area contributed by atoms with Crippen molar-refractivity contribution >= 4 is 11.8 Å². The zero-order valence-electron chi connectivity index (χ0n) is 9.17. The molecule has 2 aromatic heterocycles. The molecule has 0 saturated heterocycles. The van der Waals surface area contributed by atoms with Crippen LogP contribution < -0.4 is 5.32 Å². The van der Waals surface area contributed by atoms with E-state index in [1.54, 1.807) is 6.07 Å². The number of anilines is 1. The van der Waals surface area contributed by atoms with Gasteiger partial charge in [0.1, 0.15) is 5.82 Å². The van der Waals surface area contributed by atoms with Crippen LogP contribution in [-0.2, 0) is 6.54 Å². The second kappa shape index (κ2) is 4.65. The van der Waals surface area contributed by atoms with Crippen LogP contribution >= 0.6 is 0 Å². The third kappa shape index (κ3) is 2.81. The summed E-state index contributed by atoms with van der Waals surface area (Å²) in [6.07, 6.45) is 1.44. The molecule has 2 heterocycles. The first-order chi connectivity index (χ1) is 8.15. The standard InChI is InChI=1S/C11H11N3O3/c1-7-4-9(17-14-7)6-13-10-5-8(11(15)16)2-3-12-10/h2-5H,6H2,1H3,(H,12,13)(H,15,16). The Morgan fingerprint density at radius 2 is 2.35 bits per heavy atom. The summed E-state index contributed by atoms with van der Waals surface area (Å²) in [4.78, 5) is 14.8. The number of carbonyl (C=O) groups is 1. The van der Waals surface area contributed by atoms with Gasteiger partial charge in [0.2, 0.25) is 0 Å². The van der Waals surface area contributed by atoms with Gasteiger partial charge in [-0.05, 0) is 19.1 Å². The number of hydrogen-bond donors (Lipinski definition) is 2. The van der Waals surface area contributed by atoms with Crippen LogP contribution in [0.2, 0.25) is 0 Å². The van der Waals surface area contributed by atoms with Gasteiger partial charge in [-0.1, -0.05) is 5.16 Å². The lowest BCUT2D eigenvalue weighted by Gasteiger charge is -2.03. The minimum Gasteiger partial charge on any atom is -0.478 e. The van der Waals surface area contributed by atoms with Gasteiger partial charge in [0, 0.05) is 12.3 Å². The summed E-state index contributed by atoms with van der Waals surface area (Å²) in [6.45, 7) is 2.24. The number of nitrogens with one attached hydrogen (secondary N) is 1. The highest BCUT2D eigenvalue weighted by Gasteiger charge is 2.05. The van der Waals surface area contributed by atoms with Crippen LogP contribution in [0.1, 0.15) is 21.8 Å². The van der Waals surface area contributed by atoms with Gasteiger partial charge < -0.3 is 14.9 Å². The quantitative estimate of drug-likeness (QED) is 0.835. The Bertz CT molecular complexity index is 536. The zero-order valence-corrected chi connectivity index (χ0v) is 9.17. The van der Waals surface area contributed by atoms with Gasteiger partial charge in [0.15, 0.2) is 5.76 Å². The van der Waals surface area contributed by atoms with Gasteiger partial charge in [-0.15, -0.1) is 0 Å². The molecule has 2 aromatic rings. The molecule has 2 N–H and O–H groups in total. The molecule has 6 nitrogen and oxygen atoms in total. The molecule has 0 atom stereocenters. The predicted octanol–water partition coefficient (Wildman–Crippen LogP) is 1.69. The third-order valence-corrected chi connectivity index (χ3v) is 2.13. The van der Waals surface area contributed by atoms with Gasteiger partial charge in [-0.2, -0.15) is 0 Å². The number of carboxylic acid groups (broad SMARTS) is 1. The first kappa shape index (κ1) is 11.1. The lowest BCUT2D eigenvalue weighted by atomic mass is 10.2. The van der Waals surface area contributed by atoms with E-state index in [9.17, 15) is 4.79 Å². The lowest BCUT2D eigenvalue weighted by molar-refractivity contribution is 0.0697. The Morgan fingerprint density at radius 1 is 1.53 bits per heavy atom. The highest BCUT2D eigenvalue weighted by Crippen LogP contribution is 2.09. The summed E-state index contributed by atoms with van der Waals surface area (Å²) in [5.74, 6) is 0.176. The molecule has 0 spiro atoms. The molecule has 0 aliphatic rings. The van der Waals surface area contributed by atoms with Crippen LogP contribution in [0.25, 0.3) is 0 Å². The van der Waals surface area contributed by atoms with E-state index < -0.39 is 5.97 Å². The van der Waals surface area contributed by atoms with Gasteiger partial charge in [0.05, 0.1) is 17.8 Å². The molecule has 17 heavy (non-hydrogen) atoms. The summed E-state index contributed by atoms with van der Waals surface area (Å²) >= 11 is 0. The fraction of sp³-hybridized carbons (Fsp3) is 0.182. The first-order valence-corrected chi connectivity index (χ1v) is 5.00. The molecule has 0 aliphatic carbocycles. The van der Waals surface area contributed by atoms with Crippen molar-refractivity contribution in [3.05, 3.63) is 41.4 Å². The fourth-order valence-electron chi connectivity index (χ4n) is 1.34. The van der Waals surface area contributed by atoms with Crippen LogP contribution in [0.5, 0.6) is 0 Å². The van der Waals surface area contributed by atoms with E-state index in [1.807, 2.05) is 6.92 Å². The molecule has 0 aromatic carbocycles. The normalized spacial score (nSPS) is 10.2. The summed E-state index contributed by atoms with van der Waals surface area (Å²) < 4.78 is 5.01. The van der Waals surface area contributed by atoms with Gasteiger partial charge in [-0.3, -0.25) is 0 Å². The zero-order chi connectivity index (χ0) is 12.3. The van der Waals surface area contributed by atoms with Crippen molar-refractivity contribution in [3.63, 3.8) is 0 Å². The number of rotatable bonds is 4. The van der Waals surface area contributed by atoms with Crippen molar-refractivity contribution < 1.29 is 14.4 Å². The van der Waals surface area contributed by atoms with Crippen molar-refractivity contribution in [3.8, 4) is 0 Å². The number of aromatic nitrogens is 2. The van der Waals surface area contributed by atoms with Crippen molar-refractivity contribution in [2.45, 2.75) is 13.5 Å². The summed E-state index contributed by atoms with van der Waals surface area (Å²) in [5.41, 5.74) is 0.991. The average Bonchev–Trinajstić information content (AvgIpc) is 2.73. The molecule has 6 heteroatoms. The minimum atomic E-state index is -0.981. The van der Waals surface area contributed by atoms with Crippen molar-refractivity contribution in [1.82, 2.24) is 10.1 Å². The highest BCUT2D eigenvalue weighted by molar-refractivity contribution is 5.88. The molecule has 0 radical (unpaired) electrons. The topological polar surface area (TPSA) is 88.2 Å². The van der Waals surface area contributed by atoms with Crippen LogP contribution in [0, 0.1) is 6.92 Å². The number of nitrogens with zero attached hydrogens (tertiary/aromatic N) is 2. The molecule has 0 bridgehead atoms. The van der Waals surface area contributed by atoms with Crippen LogP contribution in [0.4, 0.5) is 5.82 Å². The first-order valence-electron chi connectivity index (χ1n) is 5.00. The number of hydrogen-bond acceptors (Lipinski definition) is 5. The monoisotopic (exact) mass is 233 g/mol. The fourth-order valence-corrected chi connectivity index (χ4v) is 1.34. The number of aryl methyl sites for hydroxylation is 1. The Kier molecular flexibility index (Phi) is 3.04. The minimum absolute atomic E-state index is 0.191. The maximum atomic E-state index is 10.7. The maximum Gasteiger partial charge on any atom is 0.335 e. The van der Waals surface area contributed by atoms with Gasteiger partial charge in [-0.25, -0.2) is 9.78 Å². The summed E-state index contributed by atoms with van der Waals surface area (Å²) in [7, 11) is 0. The molecular weight excluding hydrogens is 222 g/mol. The Balaban J connectivity index is 2.04. The highest BCUT2D eigenvalue weighted by atomic mass is 16.5. The van der Waals surface area contributed by atoms with E-state index >= 15 is 0 Å². The molecule has 0 unspecified atom stereocenters. The SMILES string of the molecule is Cc1cc(CNc2cc(C(=O)O)ccn2)on1. The summed E-state index contributed by atoms with van der Waals surface area (Å²) in [5, 5.41) is 15.5. The molecule has 0 amide bonds.